The molecule has 1 N–H and O–H groups in total. The van der Waals surface area contributed by atoms with Crippen LogP contribution in [0.3, 0.4) is 0 Å². The fourth-order valence-electron chi connectivity index (χ4n) is 4.19. The number of halogens is 1. The number of amides is 2. The van der Waals surface area contributed by atoms with Gasteiger partial charge in [0.2, 0.25) is 11.8 Å². The normalized spacial score (nSPS) is 12.5. The van der Waals surface area contributed by atoms with E-state index >= 15 is 0 Å². The van der Waals surface area contributed by atoms with Gasteiger partial charge in [0, 0.05) is 12.1 Å². The smallest absolute Gasteiger partial charge is 0.264 e. The number of nitrogens with one attached hydrogen (secondary N) is 1. The highest BCUT2D eigenvalue weighted by Gasteiger charge is 2.33. The van der Waals surface area contributed by atoms with Crippen molar-refractivity contribution in [1.29, 1.82) is 0 Å². The van der Waals surface area contributed by atoms with E-state index in [1.807, 2.05) is 40.7 Å². The predicted molar refractivity (Wildman–Crippen MR) is 151 cm³/mol. The highest BCUT2D eigenvalue weighted by molar-refractivity contribution is 7.92. The van der Waals surface area contributed by atoms with Crippen molar-refractivity contribution >= 4 is 27.5 Å². The topological polar surface area (TPSA) is 86.8 Å². The summed E-state index contributed by atoms with van der Waals surface area (Å²) in [5.74, 6) is -1.39. The lowest BCUT2D eigenvalue weighted by Gasteiger charge is -2.33. The van der Waals surface area contributed by atoms with E-state index in [1.54, 1.807) is 37.3 Å². The molecule has 0 aliphatic rings. The Balaban J connectivity index is 2.05. The van der Waals surface area contributed by atoms with Gasteiger partial charge in [-0.3, -0.25) is 13.9 Å². The monoisotopic (exact) mass is 553 g/mol. The summed E-state index contributed by atoms with van der Waals surface area (Å²) in [6, 6.07) is 17.9. The third-order valence-corrected chi connectivity index (χ3v) is 7.82. The largest absolute Gasteiger partial charge is 0.350 e. The van der Waals surface area contributed by atoms with Crippen molar-refractivity contribution in [3.63, 3.8) is 0 Å². The van der Waals surface area contributed by atoms with Crippen LogP contribution in [0.15, 0.2) is 77.7 Å². The Kier molecular flexibility index (Phi) is 9.17. The molecule has 0 saturated heterocycles. The Morgan fingerprint density at radius 2 is 1.49 bits per heavy atom. The number of carbonyl (C=O) groups excluding carboxylic acids is 2. The molecule has 3 aromatic carbocycles. The first-order chi connectivity index (χ1) is 18.2. The van der Waals surface area contributed by atoms with Gasteiger partial charge in [-0.25, -0.2) is 12.8 Å². The molecule has 0 spiro atoms. The summed E-state index contributed by atoms with van der Waals surface area (Å²) >= 11 is 0. The zero-order valence-corrected chi connectivity index (χ0v) is 24.0. The minimum Gasteiger partial charge on any atom is -0.350 e. The second kappa shape index (κ2) is 12.0. The van der Waals surface area contributed by atoms with Gasteiger partial charge in [-0.1, -0.05) is 36.4 Å². The van der Waals surface area contributed by atoms with Crippen molar-refractivity contribution in [1.82, 2.24) is 10.2 Å². The molecule has 3 aromatic rings. The second-order valence-corrected chi connectivity index (χ2v) is 12.6. The van der Waals surface area contributed by atoms with E-state index in [1.165, 1.54) is 41.3 Å². The number of hydrogen-bond donors (Lipinski definition) is 1. The fraction of sp³-hybridized carbons (Fsp3) is 0.333. The molecule has 0 aliphatic carbocycles. The van der Waals surface area contributed by atoms with Gasteiger partial charge in [0.25, 0.3) is 10.0 Å². The first-order valence-electron chi connectivity index (χ1n) is 12.7. The van der Waals surface area contributed by atoms with Gasteiger partial charge in [0.1, 0.15) is 18.4 Å². The molecule has 2 amide bonds. The molecule has 9 heteroatoms. The van der Waals surface area contributed by atoms with Crippen molar-refractivity contribution in [2.45, 2.75) is 64.6 Å². The molecule has 0 radical (unpaired) electrons. The summed E-state index contributed by atoms with van der Waals surface area (Å²) < 4.78 is 42.3. The number of sulfonamides is 1. The molecule has 0 saturated carbocycles. The van der Waals surface area contributed by atoms with Gasteiger partial charge in [0.05, 0.1) is 10.6 Å². The highest BCUT2D eigenvalue weighted by Crippen LogP contribution is 2.26. The summed E-state index contributed by atoms with van der Waals surface area (Å²) in [7, 11) is -4.13. The first-order valence-corrected chi connectivity index (χ1v) is 14.1. The molecule has 208 valence electrons. The van der Waals surface area contributed by atoms with E-state index in [9.17, 15) is 22.4 Å². The minimum absolute atomic E-state index is 0.0100. The van der Waals surface area contributed by atoms with Crippen LogP contribution in [-0.4, -0.2) is 43.3 Å². The van der Waals surface area contributed by atoms with Crippen molar-refractivity contribution in [2.24, 2.45) is 0 Å². The minimum atomic E-state index is -4.13. The molecule has 0 heterocycles. The van der Waals surface area contributed by atoms with Crippen LogP contribution >= 0.6 is 0 Å². The molecule has 0 unspecified atom stereocenters. The lowest BCUT2D eigenvalue weighted by Crippen LogP contribution is -2.54. The maximum Gasteiger partial charge on any atom is 0.264 e. The van der Waals surface area contributed by atoms with Crippen molar-refractivity contribution < 1.29 is 22.4 Å². The summed E-state index contributed by atoms with van der Waals surface area (Å²) in [4.78, 5) is 28.4. The quantitative estimate of drug-likeness (QED) is 0.405. The highest BCUT2D eigenvalue weighted by atomic mass is 32.2. The van der Waals surface area contributed by atoms with Gasteiger partial charge in [-0.2, -0.15) is 0 Å². The molecular weight excluding hydrogens is 517 g/mol. The van der Waals surface area contributed by atoms with Crippen molar-refractivity contribution in [3.8, 4) is 0 Å². The number of aryl methyl sites for hydroxylation is 2. The Bertz CT molecular complexity index is 1400. The van der Waals surface area contributed by atoms with Crippen LogP contribution in [0.1, 0.15) is 44.4 Å². The van der Waals surface area contributed by atoms with Crippen molar-refractivity contribution in [3.05, 3.63) is 95.3 Å². The zero-order chi connectivity index (χ0) is 29.0. The van der Waals surface area contributed by atoms with E-state index in [2.05, 4.69) is 5.32 Å². The average Bonchev–Trinajstić information content (AvgIpc) is 2.85. The molecule has 0 fully saturated rings. The van der Waals surface area contributed by atoms with E-state index < -0.39 is 39.9 Å². The lowest BCUT2D eigenvalue weighted by atomic mass is 10.1. The molecule has 39 heavy (non-hydrogen) atoms. The molecule has 0 aliphatic heterocycles. The maximum absolute atomic E-state index is 13.9. The number of carbonyl (C=O) groups is 2. The molecule has 7 nitrogen and oxygen atoms in total. The number of benzene rings is 3. The van der Waals surface area contributed by atoms with Crippen LogP contribution in [0.5, 0.6) is 0 Å². The Morgan fingerprint density at radius 3 is 2.03 bits per heavy atom. The van der Waals surface area contributed by atoms with E-state index in [0.717, 1.165) is 15.4 Å². The molecule has 0 bridgehead atoms. The zero-order valence-electron chi connectivity index (χ0n) is 23.2. The van der Waals surface area contributed by atoms with E-state index in [0.29, 0.717) is 11.3 Å². The van der Waals surface area contributed by atoms with Crippen LogP contribution in [0.4, 0.5) is 10.1 Å². The SMILES string of the molecule is Cc1cc(C)cc(N(CC(=O)N(Cc2ccc(F)cc2)[C@@H](C)C(=O)NC(C)(C)C)S(=O)(=O)c2ccccc2)c1. The van der Waals surface area contributed by atoms with E-state index in [-0.39, 0.29) is 17.3 Å². The molecule has 0 aromatic heterocycles. The third-order valence-electron chi connectivity index (χ3n) is 6.04. The summed E-state index contributed by atoms with van der Waals surface area (Å²) in [6.07, 6.45) is 0. The van der Waals surface area contributed by atoms with E-state index in [4.69, 9.17) is 0 Å². The number of rotatable bonds is 9. The predicted octanol–water partition coefficient (Wildman–Crippen LogP) is 4.97. The average molecular weight is 554 g/mol. The van der Waals surface area contributed by atoms with Gasteiger partial charge in [-0.15, -0.1) is 0 Å². The third kappa shape index (κ3) is 7.89. The maximum atomic E-state index is 13.9. The van der Waals surface area contributed by atoms with Gasteiger partial charge in [-0.05, 0) is 94.6 Å². The van der Waals surface area contributed by atoms with Crippen LogP contribution < -0.4 is 9.62 Å². The fourth-order valence-corrected chi connectivity index (χ4v) is 5.61. The van der Waals surface area contributed by atoms with Gasteiger partial charge < -0.3 is 10.2 Å². The van der Waals surface area contributed by atoms with Crippen molar-refractivity contribution in [2.75, 3.05) is 10.8 Å². The van der Waals surface area contributed by atoms with Gasteiger partial charge >= 0.3 is 0 Å². The number of anilines is 1. The van der Waals surface area contributed by atoms with Crippen LogP contribution in [0, 0.1) is 19.7 Å². The second-order valence-electron chi connectivity index (χ2n) is 10.7. The van der Waals surface area contributed by atoms with Crippen LogP contribution in [0.25, 0.3) is 0 Å². The Hall–Kier alpha value is -3.72. The van der Waals surface area contributed by atoms with Gasteiger partial charge in [0.15, 0.2) is 0 Å². The molecular formula is C30H36FN3O4S. The molecule has 3 rings (SSSR count). The lowest BCUT2D eigenvalue weighted by molar-refractivity contribution is -0.140. The van der Waals surface area contributed by atoms with Crippen LogP contribution in [-0.2, 0) is 26.2 Å². The first kappa shape index (κ1) is 29.8. The molecule has 1 atom stereocenters. The number of hydrogen-bond acceptors (Lipinski definition) is 4. The Morgan fingerprint density at radius 1 is 0.923 bits per heavy atom. The summed E-state index contributed by atoms with van der Waals surface area (Å²) in [6.45, 7) is 10.2. The standard InChI is InChI=1S/C30H36FN3O4S/c1-21-16-22(2)18-26(17-21)34(39(37,38)27-10-8-7-9-11-27)20-28(35)33(19-24-12-14-25(31)15-13-24)23(3)29(36)32-30(4,5)6/h7-18,23H,19-20H2,1-6H3,(H,32,36)/t23-/m0/s1. The Labute approximate surface area is 230 Å². The summed E-state index contributed by atoms with van der Waals surface area (Å²) in [5.41, 5.74) is 2.08. The number of nitrogens with zero attached hydrogens (tertiary/aromatic N) is 2. The van der Waals surface area contributed by atoms with Crippen LogP contribution in [0.2, 0.25) is 0 Å². The summed E-state index contributed by atoms with van der Waals surface area (Å²) in [5, 5.41) is 2.88.